The lowest BCUT2D eigenvalue weighted by Crippen LogP contribution is -2.25. The number of nitrogens with zero attached hydrogens (tertiary/aromatic N) is 1. The van der Waals surface area contributed by atoms with Crippen molar-refractivity contribution in [3.8, 4) is 0 Å². The first kappa shape index (κ1) is 7.71. The van der Waals surface area contributed by atoms with Gasteiger partial charge in [-0.05, 0) is 12.1 Å². The van der Waals surface area contributed by atoms with Gasteiger partial charge in [0.2, 0.25) is 0 Å². The zero-order chi connectivity index (χ0) is 9.54. The maximum absolute atomic E-state index is 9.80. The second-order valence-corrected chi connectivity index (χ2v) is 3.42. The molecule has 1 heterocycles. The van der Waals surface area contributed by atoms with Gasteiger partial charge in [-0.3, -0.25) is 0 Å². The van der Waals surface area contributed by atoms with Crippen LogP contribution in [-0.2, 0) is 0 Å². The van der Waals surface area contributed by atoms with Crippen LogP contribution in [0, 0.1) is 0 Å². The van der Waals surface area contributed by atoms with E-state index in [1.54, 1.807) is 6.08 Å². The summed E-state index contributed by atoms with van der Waals surface area (Å²) in [5.74, 6) is 0. The van der Waals surface area contributed by atoms with Crippen LogP contribution in [0.3, 0.4) is 0 Å². The standard InChI is InChI=1S/C12H9NO/c14-11-7-3-6-10-12(11)8-4-1-2-5-9(8)13-10/h1-7,11,14H. The van der Waals surface area contributed by atoms with Crippen molar-refractivity contribution in [3.63, 3.8) is 0 Å². The molecule has 1 aliphatic carbocycles. The fraction of sp³-hybridized carbons (Fsp3) is 0.0833. The highest BCUT2D eigenvalue weighted by atomic mass is 16.3. The molecule has 0 aromatic heterocycles. The van der Waals surface area contributed by atoms with Gasteiger partial charge >= 0.3 is 0 Å². The predicted molar refractivity (Wildman–Crippen MR) is 53.9 cm³/mol. The monoisotopic (exact) mass is 183 g/mol. The van der Waals surface area contributed by atoms with Crippen LogP contribution in [-0.4, -0.2) is 11.2 Å². The van der Waals surface area contributed by atoms with Gasteiger partial charge in [-0.2, -0.15) is 0 Å². The van der Waals surface area contributed by atoms with Crippen LogP contribution in [0.2, 0.25) is 0 Å². The van der Waals surface area contributed by atoms with Crippen molar-refractivity contribution in [1.82, 2.24) is 0 Å². The van der Waals surface area contributed by atoms with Crippen molar-refractivity contribution in [3.05, 3.63) is 58.8 Å². The second kappa shape index (κ2) is 2.66. The molecule has 2 aliphatic rings. The third kappa shape index (κ3) is 0.916. The molecule has 2 heteroatoms. The zero-order valence-electron chi connectivity index (χ0n) is 7.51. The predicted octanol–water partition coefficient (Wildman–Crippen LogP) is 0.285. The molecular formula is C12H9NO. The maximum Gasteiger partial charge on any atom is 0.100 e. The molecule has 0 amide bonds. The van der Waals surface area contributed by atoms with Crippen LogP contribution in [0.1, 0.15) is 0 Å². The Labute approximate surface area is 81.2 Å². The van der Waals surface area contributed by atoms with Crippen LogP contribution in [0.25, 0.3) is 5.57 Å². The normalized spacial score (nSPS) is 22.5. The molecule has 0 saturated carbocycles. The lowest BCUT2D eigenvalue weighted by molar-refractivity contribution is 0.279. The van der Waals surface area contributed by atoms with Gasteiger partial charge < -0.3 is 5.11 Å². The van der Waals surface area contributed by atoms with E-state index in [0.29, 0.717) is 0 Å². The van der Waals surface area contributed by atoms with E-state index in [9.17, 15) is 5.11 Å². The summed E-state index contributed by atoms with van der Waals surface area (Å²) in [7, 11) is 0. The summed E-state index contributed by atoms with van der Waals surface area (Å²) in [6.07, 6.45) is 5.04. The first-order valence-corrected chi connectivity index (χ1v) is 4.61. The molecular weight excluding hydrogens is 174 g/mol. The van der Waals surface area contributed by atoms with Gasteiger partial charge in [0.1, 0.15) is 6.10 Å². The van der Waals surface area contributed by atoms with E-state index in [2.05, 4.69) is 4.99 Å². The lowest BCUT2D eigenvalue weighted by atomic mass is 10.0. The third-order valence-electron chi connectivity index (χ3n) is 2.55. The minimum Gasteiger partial charge on any atom is -0.384 e. The summed E-state index contributed by atoms with van der Waals surface area (Å²) in [6.45, 7) is 0. The van der Waals surface area contributed by atoms with Crippen molar-refractivity contribution < 1.29 is 5.11 Å². The minimum absolute atomic E-state index is 0.512. The highest BCUT2D eigenvalue weighted by Crippen LogP contribution is 2.22. The molecule has 0 saturated heterocycles. The van der Waals surface area contributed by atoms with Gasteiger partial charge in [0.25, 0.3) is 0 Å². The van der Waals surface area contributed by atoms with E-state index < -0.39 is 6.10 Å². The Morgan fingerprint density at radius 1 is 1.21 bits per heavy atom. The molecule has 1 aromatic carbocycles. The topological polar surface area (TPSA) is 32.6 Å². The van der Waals surface area contributed by atoms with Crippen LogP contribution in [0.4, 0.5) is 0 Å². The van der Waals surface area contributed by atoms with Gasteiger partial charge in [0.05, 0.1) is 11.1 Å². The molecule has 0 radical (unpaired) electrons. The van der Waals surface area contributed by atoms with Gasteiger partial charge in [0, 0.05) is 10.8 Å². The van der Waals surface area contributed by atoms with Crippen molar-refractivity contribution >= 4 is 5.57 Å². The fourth-order valence-corrected chi connectivity index (χ4v) is 1.91. The molecule has 1 atom stereocenters. The van der Waals surface area contributed by atoms with Crippen molar-refractivity contribution in [2.45, 2.75) is 6.10 Å². The number of rotatable bonds is 0. The minimum atomic E-state index is -0.512. The number of allylic oxidation sites excluding steroid dienone is 2. The Morgan fingerprint density at radius 2 is 2.07 bits per heavy atom. The second-order valence-electron chi connectivity index (χ2n) is 3.42. The molecule has 0 bridgehead atoms. The van der Waals surface area contributed by atoms with E-state index in [1.165, 1.54) is 0 Å². The Morgan fingerprint density at radius 3 is 3.00 bits per heavy atom. The van der Waals surface area contributed by atoms with Gasteiger partial charge in [0.15, 0.2) is 0 Å². The fourth-order valence-electron chi connectivity index (χ4n) is 1.91. The quantitative estimate of drug-likeness (QED) is 0.616. The highest BCUT2D eigenvalue weighted by molar-refractivity contribution is 5.72. The first-order valence-electron chi connectivity index (χ1n) is 4.61. The number of benzene rings is 1. The Hall–Kier alpha value is -1.67. The zero-order valence-corrected chi connectivity index (χ0v) is 7.51. The van der Waals surface area contributed by atoms with Crippen molar-refractivity contribution in [2.24, 2.45) is 4.99 Å². The molecule has 3 rings (SSSR count). The van der Waals surface area contributed by atoms with Crippen LogP contribution in [0.15, 0.2) is 53.2 Å². The number of para-hydroxylation sites is 1. The van der Waals surface area contributed by atoms with Gasteiger partial charge in [-0.25, -0.2) is 4.99 Å². The summed E-state index contributed by atoms with van der Waals surface area (Å²) in [6, 6.07) is 7.89. The molecule has 14 heavy (non-hydrogen) atoms. The summed E-state index contributed by atoms with van der Waals surface area (Å²) < 4.78 is 0. The number of aliphatic hydroxyl groups is 1. The van der Waals surface area contributed by atoms with Crippen LogP contribution < -0.4 is 10.6 Å². The smallest absolute Gasteiger partial charge is 0.100 e. The van der Waals surface area contributed by atoms with Crippen molar-refractivity contribution in [1.29, 1.82) is 0 Å². The average molecular weight is 183 g/mol. The number of fused-ring (bicyclic) bond motifs is 2. The average Bonchev–Trinajstić information content (AvgIpc) is 2.57. The van der Waals surface area contributed by atoms with E-state index in [-0.39, 0.29) is 0 Å². The Kier molecular flexibility index (Phi) is 1.46. The number of hydrogen-bond donors (Lipinski definition) is 1. The maximum atomic E-state index is 9.80. The molecule has 1 aromatic rings. The van der Waals surface area contributed by atoms with E-state index in [4.69, 9.17) is 0 Å². The van der Waals surface area contributed by atoms with Crippen LogP contribution >= 0.6 is 0 Å². The summed E-state index contributed by atoms with van der Waals surface area (Å²) in [5, 5.41) is 11.8. The van der Waals surface area contributed by atoms with E-state index in [1.807, 2.05) is 36.4 Å². The molecule has 68 valence electrons. The highest BCUT2D eigenvalue weighted by Gasteiger charge is 2.19. The summed E-state index contributed by atoms with van der Waals surface area (Å²) in [4.78, 5) is 4.44. The molecule has 0 spiro atoms. The molecule has 2 nitrogen and oxygen atoms in total. The summed E-state index contributed by atoms with van der Waals surface area (Å²) in [5.41, 5.74) is 1.82. The largest absolute Gasteiger partial charge is 0.384 e. The number of aliphatic hydroxyl groups excluding tert-OH is 1. The van der Waals surface area contributed by atoms with Crippen molar-refractivity contribution in [2.75, 3.05) is 0 Å². The summed E-state index contributed by atoms with van der Waals surface area (Å²) >= 11 is 0. The Bertz CT molecular complexity index is 566. The third-order valence-corrected chi connectivity index (χ3v) is 2.55. The SMILES string of the molecule is OC1C=CC=C2N=c3ccccc3=C21. The molecule has 0 fully saturated rings. The first-order chi connectivity index (χ1) is 6.86. The van der Waals surface area contributed by atoms with Gasteiger partial charge in [-0.1, -0.05) is 30.4 Å². The van der Waals surface area contributed by atoms with E-state index >= 15 is 0 Å². The number of hydrogen-bond acceptors (Lipinski definition) is 2. The van der Waals surface area contributed by atoms with E-state index in [0.717, 1.165) is 21.8 Å². The Balaban J connectivity index is 2.45. The lowest BCUT2D eigenvalue weighted by Gasteiger charge is -2.11. The van der Waals surface area contributed by atoms with Crippen LogP contribution in [0.5, 0.6) is 0 Å². The van der Waals surface area contributed by atoms with Gasteiger partial charge in [-0.15, -0.1) is 0 Å². The molecule has 1 unspecified atom stereocenters. The molecule has 1 N–H and O–H groups in total. The molecule has 1 aliphatic heterocycles.